The van der Waals surface area contributed by atoms with Gasteiger partial charge in [-0.25, -0.2) is 0 Å². The number of rotatable bonds is 8. The second-order valence-corrected chi connectivity index (χ2v) is 8.80. The summed E-state index contributed by atoms with van der Waals surface area (Å²) < 4.78 is 24.9. The summed E-state index contributed by atoms with van der Waals surface area (Å²) in [5.41, 5.74) is 3.69. The summed E-state index contributed by atoms with van der Waals surface area (Å²) in [6, 6.07) is 16.3. The van der Waals surface area contributed by atoms with Crippen molar-refractivity contribution >= 4 is 11.8 Å². The molecule has 3 rings (SSSR count). The molecule has 1 fully saturated rings. The second-order valence-electron chi connectivity index (χ2n) is 7.74. The van der Waals surface area contributed by atoms with Crippen LogP contribution in [0.1, 0.15) is 69.8 Å². The summed E-state index contributed by atoms with van der Waals surface area (Å²) in [5, 5.41) is 0. The first kappa shape index (κ1) is 20.4. The van der Waals surface area contributed by atoms with Gasteiger partial charge in [-0.15, -0.1) is 0 Å². The lowest BCUT2D eigenvalue weighted by Gasteiger charge is -2.29. The predicted octanol–water partition coefficient (Wildman–Crippen LogP) is 8.52. The Morgan fingerprint density at radius 2 is 1.44 bits per heavy atom. The molecule has 0 saturated heterocycles. The molecular weight excluding hydrogens is 358 g/mol. The van der Waals surface area contributed by atoms with Gasteiger partial charge in [-0.3, -0.25) is 0 Å². The van der Waals surface area contributed by atoms with E-state index in [1.807, 2.05) is 12.1 Å². The minimum Gasteiger partial charge on any atom is -0.198 e. The van der Waals surface area contributed by atoms with Crippen LogP contribution < -0.4 is 0 Å². The number of alkyl halides is 2. The largest absolute Gasteiger partial charge is 0.288 e. The second kappa shape index (κ2) is 10.3. The lowest BCUT2D eigenvalue weighted by molar-refractivity contribution is 0.252. The molecule has 1 aliphatic rings. The Kier molecular flexibility index (Phi) is 7.75. The van der Waals surface area contributed by atoms with Crippen molar-refractivity contribution in [1.82, 2.24) is 0 Å². The highest BCUT2D eigenvalue weighted by Gasteiger charge is 2.22. The van der Waals surface area contributed by atoms with E-state index in [2.05, 4.69) is 31.2 Å². The van der Waals surface area contributed by atoms with E-state index < -0.39 is 5.76 Å². The van der Waals surface area contributed by atoms with Crippen LogP contribution in [0.3, 0.4) is 0 Å². The third-order valence-electron chi connectivity index (χ3n) is 5.86. The summed E-state index contributed by atoms with van der Waals surface area (Å²) in [4.78, 5) is 0.612. The van der Waals surface area contributed by atoms with Crippen molar-refractivity contribution < 1.29 is 8.78 Å². The van der Waals surface area contributed by atoms with Gasteiger partial charge in [0.1, 0.15) is 0 Å². The standard InChI is InChI=1S/C24H30F2S/c1-2-3-4-5-18-6-8-19(9-7-18)20-10-12-21(13-11-20)22-14-16-23(17-15-22)27-24(25)26/h10-19,24H,2-9H2,1H3/t18-,19-. The average molecular weight is 389 g/mol. The van der Waals surface area contributed by atoms with Gasteiger partial charge >= 0.3 is 0 Å². The Hall–Kier alpha value is -1.35. The van der Waals surface area contributed by atoms with Crippen molar-refractivity contribution in [3.05, 3.63) is 54.1 Å². The molecule has 0 unspecified atom stereocenters. The van der Waals surface area contributed by atoms with Crippen LogP contribution in [-0.4, -0.2) is 5.76 Å². The molecule has 0 nitrogen and oxygen atoms in total. The summed E-state index contributed by atoms with van der Waals surface area (Å²) >= 11 is 0.596. The molecule has 0 spiro atoms. The van der Waals surface area contributed by atoms with E-state index in [0.717, 1.165) is 17.0 Å². The first-order chi connectivity index (χ1) is 13.2. The highest BCUT2D eigenvalue weighted by molar-refractivity contribution is 7.99. The predicted molar refractivity (Wildman–Crippen MR) is 113 cm³/mol. The van der Waals surface area contributed by atoms with E-state index in [9.17, 15) is 8.78 Å². The number of hydrogen-bond acceptors (Lipinski definition) is 1. The Morgan fingerprint density at radius 3 is 2.00 bits per heavy atom. The van der Waals surface area contributed by atoms with Gasteiger partial charge in [-0.1, -0.05) is 80.8 Å². The maximum Gasteiger partial charge on any atom is 0.288 e. The molecule has 0 heterocycles. The quantitative estimate of drug-likeness (QED) is 0.322. The van der Waals surface area contributed by atoms with Crippen molar-refractivity contribution in [3.8, 4) is 11.1 Å². The van der Waals surface area contributed by atoms with Crippen LogP contribution in [-0.2, 0) is 0 Å². The van der Waals surface area contributed by atoms with Crippen molar-refractivity contribution in [1.29, 1.82) is 0 Å². The molecule has 0 aliphatic heterocycles. The molecule has 1 aliphatic carbocycles. The first-order valence-electron chi connectivity index (χ1n) is 10.3. The molecule has 0 amide bonds. The van der Waals surface area contributed by atoms with Gasteiger partial charge < -0.3 is 0 Å². The minimum atomic E-state index is -2.36. The molecule has 0 aromatic heterocycles. The van der Waals surface area contributed by atoms with Gasteiger partial charge in [-0.2, -0.15) is 8.78 Å². The molecule has 2 aromatic rings. The molecule has 2 aromatic carbocycles. The number of unbranched alkanes of at least 4 members (excludes halogenated alkanes) is 2. The van der Waals surface area contributed by atoms with Gasteiger partial charge in [0, 0.05) is 4.90 Å². The van der Waals surface area contributed by atoms with Gasteiger partial charge in [0.2, 0.25) is 0 Å². The Bertz CT molecular complexity index is 671. The van der Waals surface area contributed by atoms with Crippen molar-refractivity contribution in [3.63, 3.8) is 0 Å². The van der Waals surface area contributed by atoms with E-state index in [4.69, 9.17) is 0 Å². The molecule has 1 saturated carbocycles. The number of thioether (sulfide) groups is 1. The SMILES string of the molecule is CCCCC[C@H]1CC[C@H](c2ccc(-c3ccc(SC(F)F)cc3)cc2)CC1. The zero-order chi connectivity index (χ0) is 19.1. The number of halogens is 2. The lowest BCUT2D eigenvalue weighted by atomic mass is 9.77. The molecule has 27 heavy (non-hydrogen) atoms. The minimum absolute atomic E-state index is 0.596. The normalized spacial score (nSPS) is 20.1. The van der Waals surface area contributed by atoms with E-state index in [0.29, 0.717) is 22.6 Å². The van der Waals surface area contributed by atoms with Crippen LogP contribution in [0.4, 0.5) is 8.78 Å². The average Bonchev–Trinajstić information content (AvgIpc) is 2.69. The monoisotopic (exact) mass is 388 g/mol. The van der Waals surface area contributed by atoms with Crippen LogP contribution in [0.5, 0.6) is 0 Å². The van der Waals surface area contributed by atoms with Crippen LogP contribution in [0.25, 0.3) is 11.1 Å². The van der Waals surface area contributed by atoms with Crippen molar-refractivity contribution in [2.75, 3.05) is 0 Å². The topological polar surface area (TPSA) is 0 Å². The van der Waals surface area contributed by atoms with Gasteiger partial charge in [0.25, 0.3) is 5.76 Å². The zero-order valence-corrected chi connectivity index (χ0v) is 17.0. The van der Waals surface area contributed by atoms with Gasteiger partial charge in [0.15, 0.2) is 0 Å². The van der Waals surface area contributed by atoms with E-state index in [1.54, 1.807) is 12.1 Å². The lowest BCUT2D eigenvalue weighted by Crippen LogP contribution is -2.13. The summed E-state index contributed by atoms with van der Waals surface area (Å²) in [7, 11) is 0. The smallest absolute Gasteiger partial charge is 0.198 e. The van der Waals surface area contributed by atoms with Crippen LogP contribution in [0, 0.1) is 5.92 Å². The fraction of sp³-hybridized carbons (Fsp3) is 0.500. The molecule has 3 heteroatoms. The van der Waals surface area contributed by atoms with E-state index in [-0.39, 0.29) is 0 Å². The first-order valence-corrected chi connectivity index (χ1v) is 11.2. The maximum atomic E-state index is 12.4. The van der Waals surface area contributed by atoms with Crippen LogP contribution in [0.2, 0.25) is 0 Å². The molecule has 0 N–H and O–H groups in total. The van der Waals surface area contributed by atoms with Crippen LogP contribution >= 0.6 is 11.8 Å². The maximum absolute atomic E-state index is 12.4. The highest BCUT2D eigenvalue weighted by atomic mass is 32.2. The zero-order valence-electron chi connectivity index (χ0n) is 16.2. The molecule has 0 atom stereocenters. The van der Waals surface area contributed by atoms with Crippen molar-refractivity contribution in [2.45, 2.75) is 74.9 Å². The Labute approximate surface area is 166 Å². The van der Waals surface area contributed by atoms with E-state index >= 15 is 0 Å². The molecule has 146 valence electrons. The third-order valence-corrected chi connectivity index (χ3v) is 6.58. The fourth-order valence-corrected chi connectivity index (χ4v) is 4.74. The summed E-state index contributed by atoms with van der Waals surface area (Å²) in [5.74, 6) is -0.722. The van der Waals surface area contributed by atoms with Gasteiger partial charge in [-0.05, 0) is 66.3 Å². The molecular formula is C24H30F2S. The summed E-state index contributed by atoms with van der Waals surface area (Å²) in [6.45, 7) is 2.28. The third kappa shape index (κ3) is 6.07. The molecule has 0 bridgehead atoms. The van der Waals surface area contributed by atoms with Crippen LogP contribution in [0.15, 0.2) is 53.4 Å². The highest BCUT2D eigenvalue weighted by Crippen LogP contribution is 2.38. The molecule has 0 radical (unpaired) electrons. The number of benzene rings is 2. The van der Waals surface area contributed by atoms with E-state index in [1.165, 1.54) is 56.9 Å². The van der Waals surface area contributed by atoms with Crippen molar-refractivity contribution in [2.24, 2.45) is 5.92 Å². The summed E-state index contributed by atoms with van der Waals surface area (Å²) in [6.07, 6.45) is 10.9. The Balaban J connectivity index is 1.55. The fourth-order valence-electron chi connectivity index (χ4n) is 4.24. The number of hydrogen-bond donors (Lipinski definition) is 0. The van der Waals surface area contributed by atoms with Gasteiger partial charge in [0.05, 0.1) is 0 Å². The Morgan fingerprint density at radius 1 is 0.852 bits per heavy atom.